The molecule has 0 bridgehead atoms. The molecule has 7 heteroatoms. The van der Waals surface area contributed by atoms with E-state index in [0.717, 1.165) is 52.3 Å². The van der Waals surface area contributed by atoms with Crippen molar-refractivity contribution >= 4 is 40.2 Å². The molecule has 1 saturated heterocycles. The third-order valence-corrected chi connectivity index (χ3v) is 5.73. The fourth-order valence-electron chi connectivity index (χ4n) is 3.15. The Kier molecular flexibility index (Phi) is 5.92. The second-order valence-electron chi connectivity index (χ2n) is 6.81. The zero-order valence-electron chi connectivity index (χ0n) is 15.7. The topological polar surface area (TPSA) is 56.9 Å². The number of likely N-dealkylation sites (N-methyl/N-ethyl adjacent to an activating group) is 1. The van der Waals surface area contributed by atoms with Gasteiger partial charge in [-0.1, -0.05) is 12.1 Å². The van der Waals surface area contributed by atoms with Gasteiger partial charge in [-0.15, -0.1) is 0 Å². The average Bonchev–Trinajstić information content (AvgIpc) is 3.24. The molecule has 0 spiro atoms. The van der Waals surface area contributed by atoms with Crippen LogP contribution in [0, 0.1) is 3.57 Å². The number of anilines is 2. The molecule has 3 aromatic rings. The van der Waals surface area contributed by atoms with Gasteiger partial charge in [0.15, 0.2) is 12.2 Å². The van der Waals surface area contributed by atoms with Crippen molar-refractivity contribution in [3.05, 3.63) is 64.2 Å². The molecule has 0 atom stereocenters. The number of oxazole rings is 1. The van der Waals surface area contributed by atoms with Gasteiger partial charge in [0.05, 0.1) is 18.1 Å². The van der Waals surface area contributed by atoms with Crippen LogP contribution >= 0.6 is 22.6 Å². The molecule has 0 radical (unpaired) electrons. The zero-order valence-corrected chi connectivity index (χ0v) is 17.8. The Morgan fingerprint density at radius 1 is 1.11 bits per heavy atom. The number of hydrazone groups is 1. The van der Waals surface area contributed by atoms with Crippen LogP contribution in [0.5, 0.6) is 0 Å². The van der Waals surface area contributed by atoms with E-state index in [-0.39, 0.29) is 0 Å². The van der Waals surface area contributed by atoms with Crippen molar-refractivity contribution in [1.82, 2.24) is 9.88 Å². The predicted molar refractivity (Wildman–Crippen MR) is 122 cm³/mol. The summed E-state index contributed by atoms with van der Waals surface area (Å²) in [5.74, 6) is 0.764. The predicted octanol–water partition coefficient (Wildman–Crippen LogP) is 4.14. The fourth-order valence-corrected chi connectivity index (χ4v) is 3.93. The molecule has 0 saturated carbocycles. The first-order valence-corrected chi connectivity index (χ1v) is 10.3. The third-order valence-electron chi connectivity index (χ3n) is 4.84. The number of benzene rings is 2. The number of aromatic nitrogens is 1. The van der Waals surface area contributed by atoms with E-state index in [1.54, 1.807) is 6.20 Å². The van der Waals surface area contributed by atoms with Gasteiger partial charge in [-0.25, -0.2) is 4.98 Å². The SMILES string of the molecule is CN1CCN(c2ccc(C=NNc3ccc(-c4cnco4)c(I)c3)cc2)CC1. The molecule has 0 aliphatic carbocycles. The highest BCUT2D eigenvalue weighted by Crippen LogP contribution is 2.27. The lowest BCUT2D eigenvalue weighted by atomic mass is 10.2. The van der Waals surface area contributed by atoms with E-state index >= 15 is 0 Å². The molecule has 0 amide bonds. The molecular formula is C21H22IN5O. The Morgan fingerprint density at radius 2 is 1.89 bits per heavy atom. The molecule has 1 fully saturated rings. The zero-order chi connectivity index (χ0) is 19.3. The highest BCUT2D eigenvalue weighted by molar-refractivity contribution is 14.1. The summed E-state index contributed by atoms with van der Waals surface area (Å²) < 4.78 is 6.44. The van der Waals surface area contributed by atoms with Crippen molar-refractivity contribution in [3.63, 3.8) is 0 Å². The van der Waals surface area contributed by atoms with Crippen LogP contribution in [0.2, 0.25) is 0 Å². The summed E-state index contributed by atoms with van der Waals surface area (Å²) in [6.07, 6.45) is 5.00. The maximum absolute atomic E-state index is 5.37. The smallest absolute Gasteiger partial charge is 0.181 e. The molecule has 1 aliphatic rings. The van der Waals surface area contributed by atoms with Crippen LogP contribution in [0.3, 0.4) is 0 Å². The van der Waals surface area contributed by atoms with Gasteiger partial charge in [-0.3, -0.25) is 5.43 Å². The number of halogens is 1. The second-order valence-corrected chi connectivity index (χ2v) is 7.97. The van der Waals surface area contributed by atoms with Crippen molar-refractivity contribution in [2.75, 3.05) is 43.6 Å². The van der Waals surface area contributed by atoms with E-state index in [1.165, 1.54) is 12.1 Å². The number of rotatable bonds is 5. The largest absolute Gasteiger partial charge is 0.443 e. The average molecular weight is 487 g/mol. The van der Waals surface area contributed by atoms with Crippen LogP contribution in [-0.4, -0.2) is 49.3 Å². The van der Waals surface area contributed by atoms with Gasteiger partial charge in [0.25, 0.3) is 0 Å². The van der Waals surface area contributed by atoms with Crippen molar-refractivity contribution in [3.8, 4) is 11.3 Å². The first-order valence-electron chi connectivity index (χ1n) is 9.20. The quantitative estimate of drug-likeness (QED) is 0.333. The fraction of sp³-hybridized carbons (Fsp3) is 0.238. The molecule has 1 aromatic heterocycles. The normalized spacial score (nSPS) is 15.3. The van der Waals surface area contributed by atoms with Gasteiger partial charge < -0.3 is 14.2 Å². The number of hydrogen-bond donors (Lipinski definition) is 1. The Morgan fingerprint density at radius 3 is 2.57 bits per heavy atom. The Labute approximate surface area is 178 Å². The molecule has 1 aliphatic heterocycles. The maximum Gasteiger partial charge on any atom is 0.181 e. The van der Waals surface area contributed by atoms with Crippen LogP contribution in [-0.2, 0) is 0 Å². The summed E-state index contributed by atoms with van der Waals surface area (Å²) in [7, 11) is 2.17. The van der Waals surface area contributed by atoms with E-state index < -0.39 is 0 Å². The first kappa shape index (κ1) is 18.9. The minimum atomic E-state index is 0.764. The van der Waals surface area contributed by atoms with Crippen molar-refractivity contribution in [2.24, 2.45) is 5.10 Å². The van der Waals surface area contributed by atoms with E-state index in [0.29, 0.717) is 0 Å². The molecule has 6 nitrogen and oxygen atoms in total. The minimum Gasteiger partial charge on any atom is -0.443 e. The van der Waals surface area contributed by atoms with Crippen LogP contribution in [0.4, 0.5) is 11.4 Å². The Balaban J connectivity index is 1.36. The van der Waals surface area contributed by atoms with Crippen molar-refractivity contribution in [2.45, 2.75) is 0 Å². The highest BCUT2D eigenvalue weighted by atomic mass is 127. The lowest BCUT2D eigenvalue weighted by molar-refractivity contribution is 0.313. The van der Waals surface area contributed by atoms with E-state index in [4.69, 9.17) is 4.42 Å². The molecule has 1 N–H and O–H groups in total. The van der Waals surface area contributed by atoms with Gasteiger partial charge >= 0.3 is 0 Å². The van der Waals surface area contributed by atoms with Crippen LogP contribution in [0.15, 0.2) is 64.6 Å². The van der Waals surface area contributed by atoms with E-state index in [2.05, 4.69) is 79.2 Å². The molecule has 4 rings (SSSR count). The van der Waals surface area contributed by atoms with Crippen LogP contribution in [0.1, 0.15) is 5.56 Å². The number of piperazine rings is 1. The number of nitrogens with one attached hydrogen (secondary N) is 1. The third kappa shape index (κ3) is 4.53. The number of nitrogens with zero attached hydrogens (tertiary/aromatic N) is 4. The van der Waals surface area contributed by atoms with Gasteiger partial charge in [-0.05, 0) is 65.5 Å². The van der Waals surface area contributed by atoms with Gasteiger partial charge in [0, 0.05) is 41.0 Å². The summed E-state index contributed by atoms with van der Waals surface area (Å²) in [6.45, 7) is 4.38. The molecular weight excluding hydrogens is 465 g/mol. The van der Waals surface area contributed by atoms with E-state index in [1.807, 2.05) is 24.4 Å². The summed E-state index contributed by atoms with van der Waals surface area (Å²) in [5, 5.41) is 4.36. The lowest BCUT2D eigenvalue weighted by Crippen LogP contribution is -2.44. The summed E-state index contributed by atoms with van der Waals surface area (Å²) >= 11 is 2.29. The maximum atomic E-state index is 5.37. The highest BCUT2D eigenvalue weighted by Gasteiger charge is 2.13. The molecule has 2 aromatic carbocycles. The molecule has 0 unspecified atom stereocenters. The first-order chi connectivity index (χ1) is 13.7. The second kappa shape index (κ2) is 8.74. The monoisotopic (exact) mass is 487 g/mol. The van der Waals surface area contributed by atoms with Gasteiger partial charge in [-0.2, -0.15) is 5.10 Å². The number of hydrogen-bond acceptors (Lipinski definition) is 6. The van der Waals surface area contributed by atoms with Gasteiger partial charge in [0.2, 0.25) is 0 Å². The molecule has 28 heavy (non-hydrogen) atoms. The van der Waals surface area contributed by atoms with Crippen molar-refractivity contribution < 1.29 is 4.42 Å². The van der Waals surface area contributed by atoms with Crippen LogP contribution in [0.25, 0.3) is 11.3 Å². The Hall–Kier alpha value is -2.39. The molecule has 144 valence electrons. The standard InChI is InChI=1S/C21H22IN5O/c1-26-8-10-27(11-9-26)18-5-2-16(3-6-18)13-24-25-17-4-7-19(20(22)12-17)21-14-23-15-28-21/h2-7,12-15,25H,8-11H2,1H3. The van der Waals surface area contributed by atoms with Crippen LogP contribution < -0.4 is 10.3 Å². The summed E-state index contributed by atoms with van der Waals surface area (Å²) in [5.41, 5.74) is 7.38. The van der Waals surface area contributed by atoms with Gasteiger partial charge in [0.1, 0.15) is 0 Å². The minimum absolute atomic E-state index is 0.764. The summed E-state index contributed by atoms with van der Waals surface area (Å²) in [4.78, 5) is 8.76. The van der Waals surface area contributed by atoms with E-state index in [9.17, 15) is 0 Å². The Bertz CT molecular complexity index is 932. The molecule has 2 heterocycles. The van der Waals surface area contributed by atoms with Crippen molar-refractivity contribution in [1.29, 1.82) is 0 Å². The lowest BCUT2D eigenvalue weighted by Gasteiger charge is -2.34. The summed E-state index contributed by atoms with van der Waals surface area (Å²) in [6, 6.07) is 14.6.